The van der Waals surface area contributed by atoms with Gasteiger partial charge in [-0.2, -0.15) is 0 Å². The monoisotopic (exact) mass is 301 g/mol. The van der Waals surface area contributed by atoms with Gasteiger partial charge in [0.1, 0.15) is 0 Å². The summed E-state index contributed by atoms with van der Waals surface area (Å²) in [5.74, 6) is 0.445. The van der Waals surface area contributed by atoms with Crippen molar-refractivity contribution in [3.05, 3.63) is 95.6 Å². The van der Waals surface area contributed by atoms with Crippen molar-refractivity contribution < 1.29 is 0 Å². The molecule has 3 rings (SSSR count). The van der Waals surface area contributed by atoms with E-state index in [2.05, 4.69) is 104 Å². The van der Waals surface area contributed by atoms with E-state index in [9.17, 15) is 0 Å². The van der Waals surface area contributed by atoms with Crippen LogP contribution in [0.5, 0.6) is 0 Å². The molecule has 1 aliphatic carbocycles. The van der Waals surface area contributed by atoms with E-state index < -0.39 is 0 Å². The molecule has 0 heterocycles. The molecule has 2 aromatic rings. The van der Waals surface area contributed by atoms with Gasteiger partial charge in [0.15, 0.2) is 0 Å². The van der Waals surface area contributed by atoms with Crippen LogP contribution < -0.4 is 0 Å². The highest BCUT2D eigenvalue weighted by Crippen LogP contribution is 2.34. The SMILES string of the molecule is CN(C)CC1C=CC=C1C(=Cc1ccccc1)c1ccccc1. The minimum Gasteiger partial charge on any atom is -0.308 e. The largest absolute Gasteiger partial charge is 0.308 e. The van der Waals surface area contributed by atoms with E-state index in [-0.39, 0.29) is 0 Å². The van der Waals surface area contributed by atoms with E-state index >= 15 is 0 Å². The molecule has 0 saturated carbocycles. The molecule has 1 atom stereocenters. The molecule has 0 aromatic heterocycles. The predicted octanol–water partition coefficient (Wildman–Crippen LogP) is 4.90. The van der Waals surface area contributed by atoms with E-state index in [0.717, 1.165) is 6.54 Å². The van der Waals surface area contributed by atoms with Crippen LogP contribution in [-0.4, -0.2) is 25.5 Å². The Labute approximate surface area is 139 Å². The Morgan fingerprint density at radius 2 is 1.61 bits per heavy atom. The lowest BCUT2D eigenvalue weighted by atomic mass is 9.89. The molecular weight excluding hydrogens is 278 g/mol. The van der Waals surface area contributed by atoms with E-state index in [1.54, 1.807) is 0 Å². The third kappa shape index (κ3) is 3.88. The molecule has 0 spiro atoms. The minimum atomic E-state index is 0.445. The number of rotatable bonds is 5. The van der Waals surface area contributed by atoms with Gasteiger partial charge in [-0.05, 0) is 42.4 Å². The van der Waals surface area contributed by atoms with Crippen molar-refractivity contribution in [3.63, 3.8) is 0 Å². The number of allylic oxidation sites excluding steroid dienone is 3. The Morgan fingerprint density at radius 1 is 0.957 bits per heavy atom. The van der Waals surface area contributed by atoms with Crippen molar-refractivity contribution in [1.82, 2.24) is 4.90 Å². The lowest BCUT2D eigenvalue weighted by Gasteiger charge is -2.21. The van der Waals surface area contributed by atoms with Crippen molar-refractivity contribution >= 4 is 11.6 Å². The van der Waals surface area contributed by atoms with Gasteiger partial charge in [0.2, 0.25) is 0 Å². The Bertz CT molecular complexity index is 721. The fourth-order valence-corrected chi connectivity index (χ4v) is 3.03. The summed E-state index contributed by atoms with van der Waals surface area (Å²) in [6.45, 7) is 1.03. The van der Waals surface area contributed by atoms with Crippen molar-refractivity contribution in [2.45, 2.75) is 0 Å². The summed E-state index contributed by atoms with van der Waals surface area (Å²) in [4.78, 5) is 2.25. The standard InChI is InChI=1S/C22H23N/c1-23(2)17-20-14-9-15-21(20)22(19-12-7-4-8-13-19)16-18-10-5-3-6-11-18/h3-16,20H,17H2,1-2H3. The summed E-state index contributed by atoms with van der Waals surface area (Å²) in [6.07, 6.45) is 9.05. The highest BCUT2D eigenvalue weighted by molar-refractivity contribution is 5.92. The summed E-state index contributed by atoms with van der Waals surface area (Å²) in [5.41, 5.74) is 5.22. The Morgan fingerprint density at radius 3 is 2.26 bits per heavy atom. The van der Waals surface area contributed by atoms with Gasteiger partial charge in [-0.15, -0.1) is 0 Å². The molecule has 0 bridgehead atoms. The molecule has 0 radical (unpaired) electrons. The third-order valence-corrected chi connectivity index (χ3v) is 4.09. The van der Waals surface area contributed by atoms with Crippen LogP contribution in [0.2, 0.25) is 0 Å². The van der Waals surface area contributed by atoms with Gasteiger partial charge in [0.25, 0.3) is 0 Å². The molecule has 0 fully saturated rings. The quantitative estimate of drug-likeness (QED) is 0.710. The fraction of sp³-hybridized carbons (Fsp3) is 0.182. The maximum atomic E-state index is 2.30. The van der Waals surface area contributed by atoms with Gasteiger partial charge >= 0.3 is 0 Å². The average Bonchev–Trinajstić information content (AvgIpc) is 3.01. The lowest BCUT2D eigenvalue weighted by Crippen LogP contribution is -2.21. The van der Waals surface area contributed by atoms with Crippen LogP contribution in [0.1, 0.15) is 11.1 Å². The summed E-state index contributed by atoms with van der Waals surface area (Å²) in [7, 11) is 4.26. The summed E-state index contributed by atoms with van der Waals surface area (Å²) in [5, 5.41) is 0. The van der Waals surface area contributed by atoms with Crippen molar-refractivity contribution in [2.75, 3.05) is 20.6 Å². The van der Waals surface area contributed by atoms with Crippen molar-refractivity contribution in [1.29, 1.82) is 0 Å². The van der Waals surface area contributed by atoms with E-state index in [1.807, 2.05) is 0 Å². The molecule has 2 aromatic carbocycles. The maximum absolute atomic E-state index is 2.30. The second-order valence-electron chi connectivity index (χ2n) is 6.21. The first-order valence-corrected chi connectivity index (χ1v) is 8.09. The van der Waals surface area contributed by atoms with Crippen molar-refractivity contribution in [2.24, 2.45) is 5.92 Å². The number of benzene rings is 2. The molecule has 0 N–H and O–H groups in total. The zero-order valence-corrected chi connectivity index (χ0v) is 13.8. The normalized spacial score (nSPS) is 17.6. The smallest absolute Gasteiger partial charge is 0.0155 e. The van der Waals surface area contributed by atoms with Crippen LogP contribution >= 0.6 is 0 Å². The predicted molar refractivity (Wildman–Crippen MR) is 100 cm³/mol. The molecule has 0 aliphatic heterocycles. The second-order valence-corrected chi connectivity index (χ2v) is 6.21. The van der Waals surface area contributed by atoms with Crippen LogP contribution in [0.25, 0.3) is 11.6 Å². The van der Waals surface area contributed by atoms with Gasteiger partial charge in [-0.1, -0.05) is 78.9 Å². The van der Waals surface area contributed by atoms with Gasteiger partial charge < -0.3 is 4.90 Å². The first kappa shape index (κ1) is 15.5. The molecule has 1 unspecified atom stereocenters. The topological polar surface area (TPSA) is 3.24 Å². The zero-order valence-electron chi connectivity index (χ0n) is 13.8. The highest BCUT2D eigenvalue weighted by Gasteiger charge is 2.20. The molecule has 1 nitrogen and oxygen atoms in total. The first-order chi connectivity index (χ1) is 11.2. The zero-order chi connectivity index (χ0) is 16.1. The Hall–Kier alpha value is -2.38. The van der Waals surface area contributed by atoms with Crippen LogP contribution in [0.15, 0.2) is 84.5 Å². The van der Waals surface area contributed by atoms with E-state index in [1.165, 1.54) is 22.3 Å². The van der Waals surface area contributed by atoms with Gasteiger partial charge in [-0.3, -0.25) is 0 Å². The van der Waals surface area contributed by atoms with Crippen LogP contribution in [-0.2, 0) is 0 Å². The van der Waals surface area contributed by atoms with E-state index in [4.69, 9.17) is 0 Å². The maximum Gasteiger partial charge on any atom is 0.0155 e. The Balaban J connectivity index is 2.01. The van der Waals surface area contributed by atoms with Gasteiger partial charge in [0.05, 0.1) is 0 Å². The number of hydrogen-bond acceptors (Lipinski definition) is 1. The first-order valence-electron chi connectivity index (χ1n) is 8.09. The Kier molecular flexibility index (Phi) is 4.89. The van der Waals surface area contributed by atoms with E-state index in [0.29, 0.717) is 5.92 Å². The molecule has 116 valence electrons. The lowest BCUT2D eigenvalue weighted by molar-refractivity contribution is 0.383. The minimum absolute atomic E-state index is 0.445. The fourth-order valence-electron chi connectivity index (χ4n) is 3.03. The van der Waals surface area contributed by atoms with Gasteiger partial charge in [0, 0.05) is 12.5 Å². The molecule has 0 saturated heterocycles. The van der Waals surface area contributed by atoms with Gasteiger partial charge in [-0.25, -0.2) is 0 Å². The van der Waals surface area contributed by atoms with Crippen LogP contribution in [0.4, 0.5) is 0 Å². The summed E-state index contributed by atoms with van der Waals surface area (Å²) >= 11 is 0. The van der Waals surface area contributed by atoms with Crippen LogP contribution in [0.3, 0.4) is 0 Å². The number of nitrogens with zero attached hydrogens (tertiary/aromatic N) is 1. The molecule has 0 amide bonds. The second kappa shape index (κ2) is 7.26. The van der Waals surface area contributed by atoms with Crippen molar-refractivity contribution in [3.8, 4) is 0 Å². The average molecular weight is 301 g/mol. The molecule has 1 aliphatic rings. The van der Waals surface area contributed by atoms with Crippen LogP contribution in [0, 0.1) is 5.92 Å². The highest BCUT2D eigenvalue weighted by atomic mass is 15.1. The molecule has 23 heavy (non-hydrogen) atoms. The summed E-state index contributed by atoms with van der Waals surface area (Å²) in [6, 6.07) is 21.2. The third-order valence-electron chi connectivity index (χ3n) is 4.09. The number of hydrogen-bond donors (Lipinski definition) is 0. The molecular formula is C22H23N. The summed E-state index contributed by atoms with van der Waals surface area (Å²) < 4.78 is 0. The molecule has 1 heteroatoms.